The fourth-order valence-electron chi connectivity index (χ4n) is 4.56. The highest BCUT2D eigenvalue weighted by molar-refractivity contribution is 5.79. The van der Waals surface area contributed by atoms with Crippen LogP contribution < -0.4 is 10.2 Å². The summed E-state index contributed by atoms with van der Waals surface area (Å²) in [5.41, 5.74) is 3.84. The van der Waals surface area contributed by atoms with Gasteiger partial charge in [-0.05, 0) is 61.6 Å². The molecule has 7 heteroatoms. The second-order valence-electron chi connectivity index (χ2n) is 8.76. The molecule has 0 spiro atoms. The van der Waals surface area contributed by atoms with Crippen LogP contribution in [0.25, 0.3) is 16.8 Å². The van der Waals surface area contributed by atoms with Gasteiger partial charge in [-0.2, -0.15) is 5.10 Å². The standard InChI is InChI=1S/C27H28FN5O/c28-23-10-8-21(9-11-23)24-19-25-26(29-15-18-33(25)31-24)32-16-12-22(13-17-32)27(34)30-14-4-7-20-5-2-1-3-6-20/h1-3,5-6,8-11,15,18-19,22H,4,7,12-14,16-17H2,(H,30,34). The van der Waals surface area contributed by atoms with Crippen molar-refractivity contribution in [2.24, 2.45) is 5.92 Å². The zero-order valence-electron chi connectivity index (χ0n) is 19.0. The van der Waals surface area contributed by atoms with Crippen molar-refractivity contribution in [2.75, 3.05) is 24.5 Å². The maximum absolute atomic E-state index is 13.3. The zero-order valence-corrected chi connectivity index (χ0v) is 19.0. The Morgan fingerprint density at radius 3 is 2.59 bits per heavy atom. The number of anilines is 1. The summed E-state index contributed by atoms with van der Waals surface area (Å²) in [6.07, 6.45) is 7.08. The molecule has 2 aromatic heterocycles. The first-order valence-corrected chi connectivity index (χ1v) is 11.8. The molecule has 5 rings (SSSR count). The van der Waals surface area contributed by atoms with Crippen LogP contribution in [0.15, 0.2) is 73.1 Å². The Kier molecular flexibility index (Phi) is 6.51. The van der Waals surface area contributed by atoms with E-state index in [0.717, 1.165) is 61.4 Å². The number of carbonyl (C=O) groups is 1. The molecule has 1 N–H and O–H groups in total. The molecular weight excluding hydrogens is 429 g/mol. The molecule has 0 unspecified atom stereocenters. The van der Waals surface area contributed by atoms with Gasteiger partial charge in [-0.3, -0.25) is 4.79 Å². The van der Waals surface area contributed by atoms with Crippen LogP contribution in [0.2, 0.25) is 0 Å². The van der Waals surface area contributed by atoms with Crippen molar-refractivity contribution >= 4 is 17.2 Å². The van der Waals surface area contributed by atoms with Crippen LogP contribution in [0.3, 0.4) is 0 Å². The van der Waals surface area contributed by atoms with Gasteiger partial charge in [0.15, 0.2) is 5.82 Å². The molecule has 0 atom stereocenters. The first kappa shape index (κ1) is 22.1. The lowest BCUT2D eigenvalue weighted by Gasteiger charge is -2.32. The van der Waals surface area contributed by atoms with E-state index >= 15 is 0 Å². The molecule has 0 saturated carbocycles. The van der Waals surface area contributed by atoms with Gasteiger partial charge in [-0.15, -0.1) is 0 Å². The van der Waals surface area contributed by atoms with E-state index in [1.807, 2.05) is 35.0 Å². The van der Waals surface area contributed by atoms with Crippen molar-refractivity contribution in [1.29, 1.82) is 0 Å². The highest BCUT2D eigenvalue weighted by Gasteiger charge is 2.26. The number of fused-ring (bicyclic) bond motifs is 1. The second-order valence-corrected chi connectivity index (χ2v) is 8.76. The summed E-state index contributed by atoms with van der Waals surface area (Å²) in [5, 5.41) is 7.76. The van der Waals surface area contributed by atoms with Crippen LogP contribution in [0.4, 0.5) is 10.2 Å². The van der Waals surface area contributed by atoms with Crippen molar-refractivity contribution in [1.82, 2.24) is 19.9 Å². The third-order valence-electron chi connectivity index (χ3n) is 6.46. The molecule has 0 bridgehead atoms. The molecule has 0 aliphatic carbocycles. The van der Waals surface area contributed by atoms with E-state index in [2.05, 4.69) is 32.4 Å². The van der Waals surface area contributed by atoms with E-state index in [1.165, 1.54) is 17.7 Å². The van der Waals surface area contributed by atoms with Crippen molar-refractivity contribution in [2.45, 2.75) is 25.7 Å². The van der Waals surface area contributed by atoms with Crippen LogP contribution in [-0.2, 0) is 11.2 Å². The maximum Gasteiger partial charge on any atom is 0.223 e. The number of aryl methyl sites for hydroxylation is 1. The molecule has 2 aromatic carbocycles. The molecule has 6 nitrogen and oxygen atoms in total. The number of hydrogen-bond donors (Lipinski definition) is 1. The fourth-order valence-corrected chi connectivity index (χ4v) is 4.56. The summed E-state index contributed by atoms with van der Waals surface area (Å²) < 4.78 is 15.1. The van der Waals surface area contributed by atoms with Crippen molar-refractivity contribution < 1.29 is 9.18 Å². The van der Waals surface area contributed by atoms with E-state index in [9.17, 15) is 9.18 Å². The topological polar surface area (TPSA) is 62.5 Å². The van der Waals surface area contributed by atoms with Crippen LogP contribution in [0, 0.1) is 11.7 Å². The number of benzene rings is 2. The quantitative estimate of drug-likeness (QED) is 0.415. The van der Waals surface area contributed by atoms with Gasteiger partial charge in [0.25, 0.3) is 0 Å². The summed E-state index contributed by atoms with van der Waals surface area (Å²) in [6, 6.07) is 18.7. The number of nitrogens with one attached hydrogen (secondary N) is 1. The number of halogens is 1. The largest absolute Gasteiger partial charge is 0.356 e. The molecule has 1 saturated heterocycles. The number of rotatable bonds is 7. The highest BCUT2D eigenvalue weighted by atomic mass is 19.1. The molecule has 34 heavy (non-hydrogen) atoms. The SMILES string of the molecule is O=C(NCCCc1ccccc1)C1CCN(c2nccn3nc(-c4ccc(F)cc4)cc23)CC1. The van der Waals surface area contributed by atoms with Crippen LogP contribution in [0.1, 0.15) is 24.8 Å². The number of aromatic nitrogens is 3. The van der Waals surface area contributed by atoms with Crippen LogP contribution in [0.5, 0.6) is 0 Å². The Hall–Kier alpha value is -3.74. The van der Waals surface area contributed by atoms with Gasteiger partial charge in [0.2, 0.25) is 5.91 Å². The average molecular weight is 458 g/mol. The number of hydrogen-bond acceptors (Lipinski definition) is 4. The summed E-state index contributed by atoms with van der Waals surface area (Å²) in [6.45, 7) is 2.24. The monoisotopic (exact) mass is 457 g/mol. The second kappa shape index (κ2) is 10.0. The Bertz CT molecular complexity index is 1250. The van der Waals surface area contributed by atoms with E-state index in [0.29, 0.717) is 6.54 Å². The maximum atomic E-state index is 13.3. The Labute approximate surface area is 198 Å². The van der Waals surface area contributed by atoms with Gasteiger partial charge in [-0.1, -0.05) is 30.3 Å². The highest BCUT2D eigenvalue weighted by Crippen LogP contribution is 2.28. The Morgan fingerprint density at radius 2 is 1.82 bits per heavy atom. The van der Waals surface area contributed by atoms with Gasteiger partial charge in [0.05, 0.1) is 5.69 Å². The third kappa shape index (κ3) is 4.93. The van der Waals surface area contributed by atoms with Crippen molar-refractivity contribution in [3.63, 3.8) is 0 Å². The molecule has 1 amide bonds. The lowest BCUT2D eigenvalue weighted by atomic mass is 9.95. The predicted octanol–water partition coefficient (Wildman–Crippen LogP) is 4.50. The summed E-state index contributed by atoms with van der Waals surface area (Å²) >= 11 is 0. The molecule has 1 aliphatic rings. The van der Waals surface area contributed by atoms with Gasteiger partial charge in [-0.25, -0.2) is 13.9 Å². The van der Waals surface area contributed by atoms with Crippen molar-refractivity contribution in [3.8, 4) is 11.3 Å². The number of piperidine rings is 1. The molecular formula is C27H28FN5O. The minimum Gasteiger partial charge on any atom is -0.356 e. The summed E-state index contributed by atoms with van der Waals surface area (Å²) in [5.74, 6) is 0.789. The van der Waals surface area contributed by atoms with E-state index in [4.69, 9.17) is 0 Å². The number of amides is 1. The first-order chi connectivity index (χ1) is 16.7. The average Bonchev–Trinajstić information content (AvgIpc) is 3.32. The van der Waals surface area contributed by atoms with E-state index in [1.54, 1.807) is 18.3 Å². The van der Waals surface area contributed by atoms with Gasteiger partial charge in [0, 0.05) is 43.5 Å². The first-order valence-electron chi connectivity index (χ1n) is 11.8. The Balaban J connectivity index is 1.18. The van der Waals surface area contributed by atoms with E-state index in [-0.39, 0.29) is 17.6 Å². The molecule has 4 aromatic rings. The van der Waals surface area contributed by atoms with Crippen molar-refractivity contribution in [3.05, 3.63) is 84.4 Å². The minimum absolute atomic E-state index is 0.0346. The van der Waals surface area contributed by atoms with E-state index < -0.39 is 0 Å². The number of nitrogens with zero attached hydrogens (tertiary/aromatic N) is 4. The third-order valence-corrected chi connectivity index (χ3v) is 6.46. The minimum atomic E-state index is -0.266. The molecule has 1 aliphatic heterocycles. The smallest absolute Gasteiger partial charge is 0.223 e. The van der Waals surface area contributed by atoms with Crippen LogP contribution in [-0.4, -0.2) is 40.1 Å². The Morgan fingerprint density at radius 1 is 1.06 bits per heavy atom. The molecule has 3 heterocycles. The predicted molar refractivity (Wildman–Crippen MR) is 131 cm³/mol. The van der Waals surface area contributed by atoms with Gasteiger partial charge < -0.3 is 10.2 Å². The van der Waals surface area contributed by atoms with Crippen LogP contribution >= 0.6 is 0 Å². The van der Waals surface area contributed by atoms with Gasteiger partial charge >= 0.3 is 0 Å². The fraction of sp³-hybridized carbons (Fsp3) is 0.296. The zero-order chi connectivity index (χ0) is 23.3. The summed E-state index contributed by atoms with van der Waals surface area (Å²) in [7, 11) is 0. The lowest BCUT2D eigenvalue weighted by molar-refractivity contribution is -0.125. The normalized spacial score (nSPS) is 14.4. The molecule has 174 valence electrons. The van der Waals surface area contributed by atoms with Gasteiger partial charge in [0.1, 0.15) is 11.3 Å². The summed E-state index contributed by atoms with van der Waals surface area (Å²) in [4.78, 5) is 19.5. The molecule has 0 radical (unpaired) electrons. The molecule has 1 fully saturated rings. The lowest BCUT2D eigenvalue weighted by Crippen LogP contribution is -2.41. The number of carbonyl (C=O) groups excluding carboxylic acids is 1.